The lowest BCUT2D eigenvalue weighted by molar-refractivity contribution is 1.31. The molecule has 0 aromatic carbocycles. The Morgan fingerprint density at radius 2 is 2.14 bits per heavy atom. The molecule has 0 atom stereocenters. The van der Waals surface area contributed by atoms with Gasteiger partial charge in [-0.25, -0.2) is 4.98 Å². The zero-order chi connectivity index (χ0) is 10.7. The van der Waals surface area contributed by atoms with Crippen molar-refractivity contribution in [2.45, 2.75) is 20.8 Å². The highest BCUT2D eigenvalue weighted by molar-refractivity contribution is 7.13. The van der Waals surface area contributed by atoms with Gasteiger partial charge in [-0.05, 0) is 6.92 Å². The summed E-state index contributed by atoms with van der Waals surface area (Å²) in [7, 11) is 0. The maximum absolute atomic E-state index is 11.2. The maximum Gasteiger partial charge on any atom is 0.266 e. The van der Waals surface area contributed by atoms with Gasteiger partial charge in [0.15, 0.2) is 0 Å². The number of rotatable bonds is 0. The molecule has 0 radical (unpaired) electrons. The Morgan fingerprint density at radius 1 is 1.50 bits per heavy atom. The number of H-pyrrole nitrogens is 1. The maximum atomic E-state index is 11.2. The summed E-state index contributed by atoms with van der Waals surface area (Å²) in [6.45, 7) is 5.79. The van der Waals surface area contributed by atoms with Crippen LogP contribution in [0.3, 0.4) is 0 Å². The largest absolute Gasteiger partial charge is 0.277 e. The Morgan fingerprint density at radius 3 is 2.79 bits per heavy atom. The van der Waals surface area contributed by atoms with Crippen molar-refractivity contribution in [1.82, 2.24) is 9.36 Å². The van der Waals surface area contributed by atoms with E-state index in [1.54, 1.807) is 13.1 Å². The molecule has 0 amide bonds. The highest BCUT2D eigenvalue weighted by Crippen LogP contribution is 2.21. The van der Waals surface area contributed by atoms with Crippen molar-refractivity contribution in [3.05, 3.63) is 27.3 Å². The van der Waals surface area contributed by atoms with Crippen LogP contribution in [0.15, 0.2) is 11.0 Å². The van der Waals surface area contributed by atoms with E-state index >= 15 is 0 Å². The van der Waals surface area contributed by atoms with E-state index in [1.165, 1.54) is 11.5 Å². The Bertz CT molecular complexity index is 489. The average molecular weight is 231 g/mol. The lowest BCUT2D eigenvalue weighted by Crippen LogP contribution is -1.99. The first-order chi connectivity index (χ1) is 6.70. The number of aromatic amines is 1. The molecule has 0 aliphatic rings. The molecule has 0 saturated carbocycles. The first-order valence-corrected chi connectivity index (χ1v) is 5.52. The molecule has 2 rings (SSSR count). The molecule has 0 saturated heterocycles. The fourth-order valence-electron chi connectivity index (χ4n) is 1.08. The predicted molar refractivity (Wildman–Crippen MR) is 61.3 cm³/mol. The molecule has 0 bridgehead atoms. The molecule has 2 heterocycles. The van der Waals surface area contributed by atoms with E-state index < -0.39 is 0 Å². The summed E-state index contributed by atoms with van der Waals surface area (Å²) in [5, 5.41) is 1.05. The molecule has 3 nitrogen and oxygen atoms in total. The number of aryl methyl sites for hydroxylation is 1. The Balaban J connectivity index is 0.000000461. The van der Waals surface area contributed by atoms with E-state index in [9.17, 15) is 4.79 Å². The standard InChI is InChI=1S/C7H5ClN2OS.C2H6/c1-3-5-4(2-9-6(3)8)12-10-7(5)11;1-2/h2H,1H3,(H,10,11);1-2H3. The van der Waals surface area contributed by atoms with Crippen molar-refractivity contribution < 1.29 is 0 Å². The van der Waals surface area contributed by atoms with Crippen LogP contribution >= 0.6 is 23.1 Å². The van der Waals surface area contributed by atoms with E-state index in [0.29, 0.717) is 10.5 Å². The van der Waals surface area contributed by atoms with Crippen molar-refractivity contribution in [3.63, 3.8) is 0 Å². The summed E-state index contributed by atoms with van der Waals surface area (Å²) in [4.78, 5) is 15.2. The summed E-state index contributed by atoms with van der Waals surface area (Å²) < 4.78 is 3.48. The van der Waals surface area contributed by atoms with Crippen molar-refractivity contribution >= 4 is 33.2 Å². The second-order valence-corrected chi connectivity index (χ2v) is 3.65. The number of aromatic nitrogens is 2. The van der Waals surface area contributed by atoms with Crippen LogP contribution in [0.4, 0.5) is 0 Å². The number of pyridine rings is 1. The average Bonchev–Trinajstić information content (AvgIpc) is 2.58. The lowest BCUT2D eigenvalue weighted by Gasteiger charge is -1.94. The molecular formula is C9H11ClN2OS. The van der Waals surface area contributed by atoms with E-state index in [0.717, 1.165) is 10.3 Å². The first-order valence-electron chi connectivity index (χ1n) is 4.32. The SMILES string of the molecule is CC.Cc1c(Cl)ncc2s[nH]c(=O)c12. The minimum absolute atomic E-state index is 0.0863. The highest BCUT2D eigenvalue weighted by Gasteiger charge is 2.07. The summed E-state index contributed by atoms with van der Waals surface area (Å²) >= 11 is 7.04. The molecule has 2 aromatic heterocycles. The van der Waals surface area contributed by atoms with Crippen molar-refractivity contribution in [2.75, 3.05) is 0 Å². The Labute approximate surface area is 90.9 Å². The fourth-order valence-corrected chi connectivity index (χ4v) is 1.98. The number of hydrogen-bond donors (Lipinski definition) is 1. The minimum atomic E-state index is -0.0863. The molecule has 5 heteroatoms. The topological polar surface area (TPSA) is 45.8 Å². The van der Waals surface area contributed by atoms with Gasteiger partial charge in [0.1, 0.15) is 5.15 Å². The van der Waals surface area contributed by atoms with Crippen LogP contribution < -0.4 is 5.56 Å². The van der Waals surface area contributed by atoms with Gasteiger partial charge >= 0.3 is 0 Å². The minimum Gasteiger partial charge on any atom is -0.277 e. The number of nitrogens with one attached hydrogen (secondary N) is 1. The van der Waals surface area contributed by atoms with Gasteiger partial charge < -0.3 is 0 Å². The van der Waals surface area contributed by atoms with Crippen LogP contribution in [0, 0.1) is 6.92 Å². The van der Waals surface area contributed by atoms with Crippen molar-refractivity contribution in [1.29, 1.82) is 0 Å². The molecule has 0 unspecified atom stereocenters. The molecule has 76 valence electrons. The highest BCUT2D eigenvalue weighted by atomic mass is 35.5. The number of fused-ring (bicyclic) bond motifs is 1. The zero-order valence-electron chi connectivity index (χ0n) is 8.22. The van der Waals surface area contributed by atoms with Crippen LogP contribution in [-0.2, 0) is 0 Å². The third-order valence-corrected chi connectivity index (χ3v) is 2.90. The van der Waals surface area contributed by atoms with E-state index in [4.69, 9.17) is 11.6 Å². The van der Waals surface area contributed by atoms with Gasteiger partial charge in [0.05, 0.1) is 10.1 Å². The first kappa shape index (κ1) is 11.2. The lowest BCUT2D eigenvalue weighted by atomic mass is 10.2. The van der Waals surface area contributed by atoms with E-state index in [2.05, 4.69) is 9.36 Å². The summed E-state index contributed by atoms with van der Waals surface area (Å²) in [6, 6.07) is 0. The van der Waals surface area contributed by atoms with Gasteiger partial charge in [0, 0.05) is 11.8 Å². The van der Waals surface area contributed by atoms with Crippen molar-refractivity contribution in [2.24, 2.45) is 0 Å². The number of nitrogens with zero attached hydrogens (tertiary/aromatic N) is 1. The molecule has 14 heavy (non-hydrogen) atoms. The number of halogens is 1. The van der Waals surface area contributed by atoms with Crippen LogP contribution in [-0.4, -0.2) is 9.36 Å². The van der Waals surface area contributed by atoms with Gasteiger partial charge in [0.25, 0.3) is 5.56 Å². The molecule has 0 spiro atoms. The summed E-state index contributed by atoms with van der Waals surface area (Å²) in [5.41, 5.74) is 0.661. The molecule has 0 aliphatic heterocycles. The van der Waals surface area contributed by atoms with Gasteiger partial charge in [-0.2, -0.15) is 0 Å². The monoisotopic (exact) mass is 230 g/mol. The van der Waals surface area contributed by atoms with Crippen molar-refractivity contribution in [3.8, 4) is 0 Å². The normalized spacial score (nSPS) is 9.71. The van der Waals surface area contributed by atoms with Gasteiger partial charge in [0.2, 0.25) is 0 Å². The second-order valence-electron chi connectivity index (χ2n) is 2.45. The van der Waals surface area contributed by atoms with Crippen LogP contribution in [0.25, 0.3) is 10.1 Å². The summed E-state index contributed by atoms with van der Waals surface area (Å²) in [5.74, 6) is 0. The van der Waals surface area contributed by atoms with Gasteiger partial charge in [-0.3, -0.25) is 9.17 Å². The molecule has 0 aliphatic carbocycles. The van der Waals surface area contributed by atoms with Crippen LogP contribution in [0.2, 0.25) is 5.15 Å². The molecule has 0 fully saturated rings. The van der Waals surface area contributed by atoms with Gasteiger partial charge in [-0.1, -0.05) is 37.0 Å². The second kappa shape index (κ2) is 4.57. The third-order valence-electron chi connectivity index (χ3n) is 1.71. The third kappa shape index (κ3) is 1.81. The quantitative estimate of drug-likeness (QED) is 0.708. The van der Waals surface area contributed by atoms with Crippen LogP contribution in [0.5, 0.6) is 0 Å². The van der Waals surface area contributed by atoms with Gasteiger partial charge in [-0.15, -0.1) is 0 Å². The smallest absolute Gasteiger partial charge is 0.266 e. The van der Waals surface area contributed by atoms with E-state index in [-0.39, 0.29) is 5.56 Å². The summed E-state index contributed by atoms with van der Waals surface area (Å²) in [6.07, 6.45) is 1.60. The predicted octanol–water partition coefficient (Wildman–Crippen LogP) is 2.97. The zero-order valence-corrected chi connectivity index (χ0v) is 9.79. The molecule has 1 N–H and O–H groups in total. The Hall–Kier alpha value is -0.870. The Kier molecular flexibility index (Phi) is 3.66. The van der Waals surface area contributed by atoms with E-state index in [1.807, 2.05) is 13.8 Å². The molecule has 2 aromatic rings. The van der Waals surface area contributed by atoms with Crippen LogP contribution in [0.1, 0.15) is 19.4 Å². The fraction of sp³-hybridized carbons (Fsp3) is 0.333. The number of hydrogen-bond acceptors (Lipinski definition) is 3. The molecular weight excluding hydrogens is 220 g/mol.